The lowest BCUT2D eigenvalue weighted by atomic mass is 10.5. The third-order valence-corrected chi connectivity index (χ3v) is 1.52. The molecule has 0 fully saturated rings. The fraction of sp³-hybridized carbons (Fsp3) is 0. The van der Waals surface area contributed by atoms with Crippen molar-refractivity contribution in [1.82, 2.24) is 15.0 Å². The van der Waals surface area contributed by atoms with Gasteiger partial charge in [0.2, 0.25) is 5.69 Å². The van der Waals surface area contributed by atoms with Gasteiger partial charge in [0.15, 0.2) is 4.91 Å². The smallest absolute Gasteiger partial charge is 0.266 e. The molecule has 9 nitrogen and oxygen atoms in total. The summed E-state index contributed by atoms with van der Waals surface area (Å²) in [7, 11) is 0. The molecule has 0 saturated carbocycles. The van der Waals surface area contributed by atoms with Gasteiger partial charge in [0.1, 0.15) is 0 Å². The van der Waals surface area contributed by atoms with Crippen LogP contribution in [0.4, 0.5) is 11.5 Å². The number of anilines is 1. The highest BCUT2D eigenvalue weighted by molar-refractivity contribution is 6.01. The second kappa shape index (κ2) is 2.75. The van der Waals surface area contributed by atoms with Crippen molar-refractivity contribution >= 4 is 17.5 Å². The second-order valence-corrected chi connectivity index (χ2v) is 2.38. The molecule has 0 saturated heterocycles. The van der Waals surface area contributed by atoms with Crippen molar-refractivity contribution in [3.05, 3.63) is 31.3 Å². The molecular weight excluding hydrogens is 190 g/mol. The van der Waals surface area contributed by atoms with E-state index >= 15 is 0 Å². The fourth-order valence-corrected chi connectivity index (χ4v) is 1.01. The van der Waals surface area contributed by atoms with E-state index in [1.165, 1.54) is 0 Å². The van der Waals surface area contributed by atoms with Gasteiger partial charge in [-0.3, -0.25) is 9.78 Å². The van der Waals surface area contributed by atoms with E-state index in [2.05, 4.69) is 25.3 Å². The number of nitrogens with one attached hydrogen (secondary N) is 3. The number of fused-ring (bicyclic) bond motifs is 1. The van der Waals surface area contributed by atoms with Crippen LogP contribution in [0.15, 0.2) is 14.7 Å². The van der Waals surface area contributed by atoms with Crippen molar-refractivity contribution in [3.63, 3.8) is 0 Å². The van der Waals surface area contributed by atoms with Gasteiger partial charge in [-0.1, -0.05) is 4.99 Å². The number of hydrogen-bond donors (Lipinski definition) is 3. The molecule has 0 atom stereocenters. The van der Waals surface area contributed by atoms with Gasteiger partial charge >= 0.3 is 11.6 Å². The maximum Gasteiger partial charge on any atom is 0.469 e. The summed E-state index contributed by atoms with van der Waals surface area (Å²) >= 11 is 0. The summed E-state index contributed by atoms with van der Waals surface area (Å²) in [6.07, 6.45) is 0. The topological polar surface area (TPSA) is 141 Å². The lowest BCUT2D eigenvalue weighted by Gasteiger charge is -1.86. The van der Waals surface area contributed by atoms with Gasteiger partial charge in [-0.2, -0.15) is 0 Å². The van der Waals surface area contributed by atoms with E-state index in [1.807, 2.05) is 4.98 Å². The average molecular weight is 193 g/mol. The van der Waals surface area contributed by atoms with Crippen LogP contribution in [0.2, 0.25) is 0 Å². The van der Waals surface area contributed by atoms with E-state index < -0.39 is 11.2 Å². The third-order valence-electron chi connectivity index (χ3n) is 1.52. The Morgan fingerprint density at radius 1 is 1.36 bits per heavy atom. The Bertz CT molecular complexity index is 572. The van der Waals surface area contributed by atoms with Gasteiger partial charge in [0.25, 0.3) is 16.5 Å². The Balaban J connectivity index is 2.62. The molecule has 14 heavy (non-hydrogen) atoms. The zero-order valence-corrected chi connectivity index (χ0v) is 6.61. The molecule has 0 spiro atoms. The molecule has 2 heterocycles. The first-order valence-electron chi connectivity index (χ1n) is 3.48. The maximum atomic E-state index is 11.1. The highest BCUT2D eigenvalue weighted by Crippen LogP contribution is 2.14. The maximum absolute atomic E-state index is 11.1. The Kier molecular flexibility index (Phi) is 1.58. The largest absolute Gasteiger partial charge is 0.469 e. The lowest BCUT2D eigenvalue weighted by Crippen LogP contribution is -2.23. The predicted octanol–water partition coefficient (Wildman–Crippen LogP) is -0.878. The molecule has 0 amide bonds. The van der Waals surface area contributed by atoms with Gasteiger partial charge in [-0.25, -0.2) is 15.1 Å². The lowest BCUT2D eigenvalue weighted by molar-refractivity contribution is 1.03. The summed E-state index contributed by atoms with van der Waals surface area (Å²) in [5.41, 5.74) is 6.89. The van der Waals surface area contributed by atoms with E-state index in [4.69, 9.17) is 5.53 Å². The van der Waals surface area contributed by atoms with Crippen LogP contribution in [0.3, 0.4) is 0 Å². The van der Waals surface area contributed by atoms with Crippen LogP contribution in [0, 0.1) is 0 Å². The minimum atomic E-state index is -0.665. The third kappa shape index (κ3) is 1.13. The van der Waals surface area contributed by atoms with E-state index in [0.717, 1.165) is 0 Å². The molecule has 1 aromatic rings. The number of hydrogen-bond acceptors (Lipinski definition) is 5. The number of rotatable bonds is 0. The molecule has 0 unspecified atom stereocenters. The van der Waals surface area contributed by atoms with Crippen molar-refractivity contribution in [2.45, 2.75) is 0 Å². The molecule has 2 rings (SSSR count). The van der Waals surface area contributed by atoms with Crippen LogP contribution >= 0.6 is 0 Å². The van der Waals surface area contributed by atoms with E-state index in [9.17, 15) is 9.59 Å². The van der Waals surface area contributed by atoms with Gasteiger partial charge in [-0.05, 0) is 0 Å². The molecule has 1 radical (unpaired) electrons. The zero-order valence-electron chi connectivity index (χ0n) is 6.61. The molecule has 0 aliphatic carbocycles. The van der Waals surface area contributed by atoms with Crippen LogP contribution in [0.5, 0.6) is 0 Å². The molecule has 0 bridgehead atoms. The second-order valence-electron chi connectivity index (χ2n) is 2.38. The summed E-state index contributed by atoms with van der Waals surface area (Å²) in [6.45, 7) is 0. The van der Waals surface area contributed by atoms with Crippen molar-refractivity contribution in [2.24, 2.45) is 5.11 Å². The molecule has 9 heteroatoms. The summed E-state index contributed by atoms with van der Waals surface area (Å²) < 4.78 is 0. The highest BCUT2D eigenvalue weighted by atomic mass is 16.2. The number of H-pyrrole nitrogens is 2. The number of guanidine groups is 1. The van der Waals surface area contributed by atoms with Crippen molar-refractivity contribution in [2.75, 3.05) is 5.32 Å². The van der Waals surface area contributed by atoms with Crippen LogP contribution in [-0.2, 0) is 0 Å². The normalized spacial score (nSPS) is 12.4. The quantitative estimate of drug-likeness (QED) is 0.280. The summed E-state index contributed by atoms with van der Waals surface area (Å²) in [5, 5.41) is 5.60. The Morgan fingerprint density at radius 2 is 2.14 bits per heavy atom. The van der Waals surface area contributed by atoms with Crippen molar-refractivity contribution in [3.8, 4) is 0 Å². The van der Waals surface area contributed by atoms with Gasteiger partial charge in [0.05, 0.1) is 0 Å². The Hall–Kier alpha value is -2.54. The van der Waals surface area contributed by atoms with E-state index in [1.54, 1.807) is 0 Å². The molecule has 3 N–H and O–H groups in total. The van der Waals surface area contributed by atoms with Crippen LogP contribution in [0.1, 0.15) is 0 Å². The van der Waals surface area contributed by atoms with E-state index in [-0.39, 0.29) is 17.5 Å². The standard InChI is InChI=1S/C5H3N7O2/c6-12-11-4-7-1-2(8-4)9-5(14)10-3(1)13/h7H,(H2,9,10,13,14)/q+1. The van der Waals surface area contributed by atoms with Crippen molar-refractivity contribution in [1.29, 1.82) is 0 Å². The van der Waals surface area contributed by atoms with Crippen molar-refractivity contribution < 1.29 is 0 Å². The van der Waals surface area contributed by atoms with Gasteiger partial charge in [0, 0.05) is 5.53 Å². The number of nitrogens with zero attached hydrogens (tertiary/aromatic N) is 4. The first kappa shape index (κ1) is 8.08. The molecule has 1 aliphatic heterocycles. The molecule has 1 aromatic heterocycles. The highest BCUT2D eigenvalue weighted by Gasteiger charge is 2.29. The number of azide groups is 1. The van der Waals surface area contributed by atoms with Gasteiger partial charge in [-0.15, -0.1) is 0 Å². The predicted molar refractivity (Wildman–Crippen MR) is 47.3 cm³/mol. The van der Waals surface area contributed by atoms with Gasteiger partial charge < -0.3 is 0 Å². The summed E-state index contributed by atoms with van der Waals surface area (Å²) in [4.78, 5) is 32.4. The average Bonchev–Trinajstić information content (AvgIpc) is 2.48. The minimum absolute atomic E-state index is 0.0566. The van der Waals surface area contributed by atoms with Crippen LogP contribution in [-0.4, -0.2) is 15.9 Å². The molecule has 0 aromatic carbocycles. The zero-order chi connectivity index (χ0) is 10.1. The minimum Gasteiger partial charge on any atom is -0.266 e. The Morgan fingerprint density at radius 3 is 2.86 bits per heavy atom. The molecular formula is C5H3N7O2+. The SMILES string of the molecule is [N-]=[N+]=NC1=[N+]c2[nH]c(=O)[nH]c(=O)c2N1. The first-order chi connectivity index (χ1) is 6.70. The first-order valence-corrected chi connectivity index (χ1v) is 3.48. The van der Waals surface area contributed by atoms with E-state index in [0.29, 0.717) is 0 Å². The number of aliphatic imine (C=N–C) groups is 1. The van der Waals surface area contributed by atoms with Crippen LogP contribution < -0.4 is 21.6 Å². The number of aromatic nitrogens is 2. The molecule has 1 aliphatic rings. The molecule has 69 valence electrons. The fourth-order valence-electron chi connectivity index (χ4n) is 1.01. The summed E-state index contributed by atoms with van der Waals surface area (Å²) in [6, 6.07) is 0. The Labute approximate surface area is 75.1 Å². The number of aromatic amines is 2. The van der Waals surface area contributed by atoms with Crippen LogP contribution in [0.25, 0.3) is 10.4 Å². The summed E-state index contributed by atoms with van der Waals surface area (Å²) in [5.74, 6) is -0.0176. The monoisotopic (exact) mass is 193 g/mol.